The molecule has 0 N–H and O–H groups in total. The number of hydrogen-bond acceptors (Lipinski definition) is 7. The van der Waals surface area contributed by atoms with Crippen LogP contribution in [0.15, 0.2) is 60.7 Å². The fourth-order valence-electron chi connectivity index (χ4n) is 8.06. The first-order chi connectivity index (χ1) is 27.5. The van der Waals surface area contributed by atoms with Crippen molar-refractivity contribution in [2.45, 2.75) is 118 Å². The Labute approximate surface area is 342 Å². The number of benzene rings is 4. The molecular formula is C50H66O7. The van der Waals surface area contributed by atoms with E-state index in [1.807, 2.05) is 0 Å². The molecule has 0 atom stereocenters. The predicted molar refractivity (Wildman–Crippen MR) is 230 cm³/mol. The minimum atomic E-state index is -0.419. The van der Waals surface area contributed by atoms with E-state index in [2.05, 4.69) is 116 Å². The van der Waals surface area contributed by atoms with Crippen LogP contribution in [0.5, 0.6) is 23.0 Å². The van der Waals surface area contributed by atoms with E-state index in [0.717, 1.165) is 59.8 Å². The van der Waals surface area contributed by atoms with E-state index in [0.29, 0.717) is 52.9 Å². The number of aryl methyl sites for hydroxylation is 4. The van der Waals surface area contributed by atoms with Crippen LogP contribution < -0.4 is 18.9 Å². The fraction of sp³-hybridized carbons (Fsp3) is 0.520. The summed E-state index contributed by atoms with van der Waals surface area (Å²) < 4.78 is 43.7. The van der Waals surface area contributed by atoms with Gasteiger partial charge in [0.25, 0.3) is 0 Å². The van der Waals surface area contributed by atoms with Gasteiger partial charge in [0.15, 0.2) is 0 Å². The number of unbranched alkanes of at least 4 members (excludes halogenated alkanes) is 4. The monoisotopic (exact) mass is 778 g/mol. The van der Waals surface area contributed by atoms with Crippen molar-refractivity contribution < 1.29 is 33.2 Å². The fourth-order valence-corrected chi connectivity index (χ4v) is 8.06. The first-order valence-corrected chi connectivity index (χ1v) is 21.4. The minimum absolute atomic E-state index is 0.419. The molecule has 0 amide bonds. The van der Waals surface area contributed by atoms with Crippen molar-refractivity contribution in [3.8, 4) is 45.3 Å². The molecule has 0 unspecified atom stereocenters. The van der Waals surface area contributed by atoms with Crippen LogP contribution >= 0.6 is 0 Å². The quantitative estimate of drug-likeness (QED) is 0.0736. The highest BCUT2D eigenvalue weighted by molar-refractivity contribution is 5.84. The Morgan fingerprint density at radius 2 is 0.860 bits per heavy atom. The van der Waals surface area contributed by atoms with E-state index in [-0.39, 0.29) is 0 Å². The Morgan fingerprint density at radius 3 is 1.25 bits per heavy atom. The van der Waals surface area contributed by atoms with Gasteiger partial charge in [-0.2, -0.15) is 0 Å². The molecule has 0 saturated heterocycles. The van der Waals surface area contributed by atoms with E-state index in [4.69, 9.17) is 33.2 Å². The zero-order chi connectivity index (χ0) is 40.4. The summed E-state index contributed by atoms with van der Waals surface area (Å²) in [5.41, 5.74) is 10.9. The summed E-state index contributed by atoms with van der Waals surface area (Å²) in [7, 11) is 0. The van der Waals surface area contributed by atoms with E-state index in [1.165, 1.54) is 70.2 Å². The Kier molecular flexibility index (Phi) is 14.6. The number of ether oxygens (including phenoxy) is 7. The second kappa shape index (κ2) is 19.6. The molecule has 0 bridgehead atoms. The second-order valence-corrected chi connectivity index (χ2v) is 16.7. The van der Waals surface area contributed by atoms with Crippen LogP contribution in [-0.2, 0) is 38.3 Å². The lowest BCUT2D eigenvalue weighted by Gasteiger charge is -2.36. The van der Waals surface area contributed by atoms with E-state index in [9.17, 15) is 0 Å². The van der Waals surface area contributed by atoms with Gasteiger partial charge in [-0.05, 0) is 114 Å². The SMILES string of the molecule is CCCCCc1cc(OCCOCCOCCOCCOc2cc(CCCCC)cc3c2-c2cc(C)ccc2C(C)(C)O3)c2c(c1)OC(C)(C)c1ccc(C)cc1-2. The maximum atomic E-state index is 6.62. The van der Waals surface area contributed by atoms with E-state index < -0.39 is 11.2 Å². The molecule has 7 heteroatoms. The third kappa shape index (κ3) is 10.7. The van der Waals surface area contributed by atoms with Gasteiger partial charge in [-0.1, -0.05) is 87.1 Å². The average molecular weight is 779 g/mol. The van der Waals surface area contributed by atoms with Crippen LogP contribution in [0, 0.1) is 13.8 Å². The zero-order valence-electron chi connectivity index (χ0n) is 35.9. The van der Waals surface area contributed by atoms with Crippen molar-refractivity contribution in [1.82, 2.24) is 0 Å². The van der Waals surface area contributed by atoms with Crippen LogP contribution in [0.3, 0.4) is 0 Å². The van der Waals surface area contributed by atoms with Crippen molar-refractivity contribution in [2.24, 2.45) is 0 Å². The van der Waals surface area contributed by atoms with Crippen molar-refractivity contribution in [3.05, 3.63) is 94.0 Å². The second-order valence-electron chi connectivity index (χ2n) is 16.7. The molecule has 2 aliphatic rings. The van der Waals surface area contributed by atoms with E-state index >= 15 is 0 Å². The van der Waals surface area contributed by atoms with Gasteiger partial charge in [0, 0.05) is 11.1 Å². The minimum Gasteiger partial charge on any atom is -0.490 e. The number of hydrogen-bond donors (Lipinski definition) is 0. The van der Waals surface area contributed by atoms with Gasteiger partial charge in [0.2, 0.25) is 0 Å². The molecule has 57 heavy (non-hydrogen) atoms. The molecule has 0 spiro atoms. The van der Waals surface area contributed by atoms with Gasteiger partial charge in [-0.3, -0.25) is 0 Å². The van der Waals surface area contributed by atoms with Crippen molar-refractivity contribution in [2.75, 3.05) is 52.9 Å². The first-order valence-electron chi connectivity index (χ1n) is 21.4. The summed E-state index contributed by atoms with van der Waals surface area (Å²) in [6, 6.07) is 22.0. The lowest BCUT2D eigenvalue weighted by Crippen LogP contribution is -2.29. The third-order valence-corrected chi connectivity index (χ3v) is 11.0. The van der Waals surface area contributed by atoms with Crippen molar-refractivity contribution in [3.63, 3.8) is 0 Å². The Morgan fingerprint density at radius 1 is 0.474 bits per heavy atom. The summed E-state index contributed by atoms with van der Waals surface area (Å²) in [5.74, 6) is 3.52. The van der Waals surface area contributed by atoms with Gasteiger partial charge in [-0.25, -0.2) is 0 Å². The highest BCUT2D eigenvalue weighted by Crippen LogP contribution is 2.51. The molecule has 0 fully saturated rings. The summed E-state index contributed by atoms with van der Waals surface area (Å²) in [6.45, 7) is 21.1. The smallest absolute Gasteiger partial charge is 0.132 e. The molecule has 0 aliphatic carbocycles. The van der Waals surface area contributed by atoms with Gasteiger partial charge in [0.1, 0.15) is 47.4 Å². The predicted octanol–water partition coefficient (Wildman–Crippen LogP) is 11.9. The van der Waals surface area contributed by atoms with Crippen LogP contribution in [0.25, 0.3) is 22.3 Å². The molecule has 4 aromatic carbocycles. The molecule has 0 aromatic heterocycles. The standard InChI is InChI=1S/C50H66O7/c1-9-11-13-15-37-31-43(47-39-29-35(3)17-19-41(39)49(5,6)56-45(47)33-37)54-27-25-52-23-21-51-22-24-53-26-28-55-44-32-38(16-14-12-10-2)34-46-48(44)40-30-36(4)18-20-42(40)50(7,8)57-46/h17-20,29-34H,9-16,21-28H2,1-8H3. The van der Waals surface area contributed by atoms with Gasteiger partial charge in [-0.15, -0.1) is 0 Å². The lowest BCUT2D eigenvalue weighted by molar-refractivity contribution is 0.00496. The third-order valence-electron chi connectivity index (χ3n) is 11.0. The Hall–Kier alpha value is -4.04. The largest absolute Gasteiger partial charge is 0.490 e. The number of rotatable bonds is 22. The summed E-state index contributed by atoms with van der Waals surface area (Å²) in [6.07, 6.45) is 9.10. The summed E-state index contributed by atoms with van der Waals surface area (Å²) in [5, 5.41) is 0. The van der Waals surface area contributed by atoms with Crippen LogP contribution in [0.2, 0.25) is 0 Å². The molecule has 7 nitrogen and oxygen atoms in total. The molecular weight excluding hydrogens is 713 g/mol. The van der Waals surface area contributed by atoms with Gasteiger partial charge < -0.3 is 33.2 Å². The normalized spacial score (nSPS) is 14.5. The van der Waals surface area contributed by atoms with Gasteiger partial charge in [0.05, 0.1) is 50.8 Å². The van der Waals surface area contributed by atoms with E-state index in [1.54, 1.807) is 0 Å². The molecule has 2 heterocycles. The Bertz CT molecular complexity index is 1800. The maximum absolute atomic E-state index is 6.62. The molecule has 2 aliphatic heterocycles. The number of fused-ring (bicyclic) bond motifs is 6. The van der Waals surface area contributed by atoms with Crippen LogP contribution in [-0.4, -0.2) is 52.9 Å². The Balaban J connectivity index is 0.940. The van der Waals surface area contributed by atoms with Crippen LogP contribution in [0.1, 0.15) is 113 Å². The molecule has 6 rings (SSSR count). The molecule has 0 saturated carbocycles. The first kappa shape index (κ1) is 42.6. The highest BCUT2D eigenvalue weighted by atomic mass is 16.6. The van der Waals surface area contributed by atoms with Crippen molar-refractivity contribution >= 4 is 0 Å². The summed E-state index contributed by atoms with van der Waals surface area (Å²) >= 11 is 0. The van der Waals surface area contributed by atoms with Crippen LogP contribution in [0.4, 0.5) is 0 Å². The van der Waals surface area contributed by atoms with Gasteiger partial charge >= 0.3 is 0 Å². The maximum Gasteiger partial charge on any atom is 0.132 e. The topological polar surface area (TPSA) is 64.6 Å². The summed E-state index contributed by atoms with van der Waals surface area (Å²) in [4.78, 5) is 0. The molecule has 0 radical (unpaired) electrons. The lowest BCUT2D eigenvalue weighted by atomic mass is 9.84. The highest BCUT2D eigenvalue weighted by Gasteiger charge is 2.36. The average Bonchev–Trinajstić information content (AvgIpc) is 3.15. The molecule has 4 aromatic rings. The van der Waals surface area contributed by atoms with Crippen molar-refractivity contribution in [1.29, 1.82) is 0 Å². The molecule has 308 valence electrons. The zero-order valence-corrected chi connectivity index (χ0v) is 35.9.